The highest BCUT2D eigenvalue weighted by Crippen LogP contribution is 2.17. The van der Waals surface area contributed by atoms with Crippen molar-refractivity contribution < 1.29 is 17.9 Å². The molecule has 0 saturated carbocycles. The summed E-state index contributed by atoms with van der Waals surface area (Å²) in [5, 5.41) is 3.05. The van der Waals surface area contributed by atoms with Crippen molar-refractivity contribution in [2.24, 2.45) is 5.92 Å². The third-order valence-electron chi connectivity index (χ3n) is 3.18. The van der Waals surface area contributed by atoms with Gasteiger partial charge in [-0.15, -0.1) is 0 Å². The zero-order valence-electron chi connectivity index (χ0n) is 10.4. The van der Waals surface area contributed by atoms with E-state index in [2.05, 4.69) is 5.32 Å². The second-order valence-corrected chi connectivity index (χ2v) is 6.82. The van der Waals surface area contributed by atoms with Crippen molar-refractivity contribution in [2.45, 2.75) is 25.8 Å². The summed E-state index contributed by atoms with van der Waals surface area (Å²) in [6.07, 6.45) is 0.743. The highest BCUT2D eigenvalue weighted by atomic mass is 32.2. The zero-order chi connectivity index (χ0) is 12.9. The number of likely N-dealkylation sites (N-methyl/N-ethyl adjacent to an activating group) is 1. The molecule has 0 aromatic rings. The lowest BCUT2D eigenvalue weighted by molar-refractivity contribution is -0.123. The van der Waals surface area contributed by atoms with Crippen molar-refractivity contribution in [3.63, 3.8) is 0 Å². The third-order valence-corrected chi connectivity index (χ3v) is 4.97. The van der Waals surface area contributed by atoms with Gasteiger partial charge >= 0.3 is 0 Å². The van der Waals surface area contributed by atoms with E-state index in [-0.39, 0.29) is 29.2 Å². The quantitative estimate of drug-likeness (QED) is 0.700. The fourth-order valence-electron chi connectivity index (χ4n) is 1.95. The van der Waals surface area contributed by atoms with Crippen molar-refractivity contribution >= 4 is 15.6 Å². The summed E-state index contributed by atoms with van der Waals surface area (Å²) in [5.74, 6) is 0.234. The minimum absolute atomic E-state index is 0.0743. The number of sulfone groups is 1. The van der Waals surface area contributed by atoms with Gasteiger partial charge in [-0.2, -0.15) is 0 Å². The Morgan fingerprint density at radius 3 is 2.71 bits per heavy atom. The minimum atomic E-state index is -2.96. The van der Waals surface area contributed by atoms with Gasteiger partial charge in [0.25, 0.3) is 0 Å². The molecule has 1 heterocycles. The Morgan fingerprint density at radius 1 is 1.41 bits per heavy atom. The number of hydrogen-bond donors (Lipinski definition) is 1. The van der Waals surface area contributed by atoms with Crippen LogP contribution in [0.2, 0.25) is 0 Å². The number of carbonyl (C=O) groups excluding carboxylic acids is 1. The zero-order valence-corrected chi connectivity index (χ0v) is 11.3. The van der Waals surface area contributed by atoms with Gasteiger partial charge < -0.3 is 10.1 Å². The van der Waals surface area contributed by atoms with E-state index in [1.165, 1.54) is 0 Å². The topological polar surface area (TPSA) is 72.5 Å². The van der Waals surface area contributed by atoms with Crippen LogP contribution >= 0.6 is 0 Å². The Balaban J connectivity index is 2.35. The molecule has 0 radical (unpaired) electrons. The van der Waals surface area contributed by atoms with Gasteiger partial charge in [0.05, 0.1) is 24.9 Å². The molecule has 0 aliphatic carbocycles. The van der Waals surface area contributed by atoms with Crippen LogP contribution in [0, 0.1) is 5.92 Å². The lowest BCUT2D eigenvalue weighted by Gasteiger charge is -2.15. The summed E-state index contributed by atoms with van der Waals surface area (Å²) < 4.78 is 27.8. The first-order valence-corrected chi connectivity index (χ1v) is 7.80. The summed E-state index contributed by atoms with van der Waals surface area (Å²) in [4.78, 5) is 11.9. The Bertz CT molecular complexity index is 352. The van der Waals surface area contributed by atoms with Crippen molar-refractivity contribution in [2.75, 3.05) is 31.8 Å². The average Bonchev–Trinajstić information content (AvgIpc) is 2.76. The van der Waals surface area contributed by atoms with Gasteiger partial charge in [0.15, 0.2) is 0 Å². The molecule has 1 N–H and O–H groups in total. The first kappa shape index (κ1) is 14.6. The van der Waals surface area contributed by atoms with Crippen molar-refractivity contribution in [1.29, 1.82) is 0 Å². The van der Waals surface area contributed by atoms with E-state index in [0.717, 1.165) is 0 Å². The Hall–Kier alpha value is -0.460. The molecule has 0 aromatic carbocycles. The van der Waals surface area contributed by atoms with Crippen LogP contribution in [0.15, 0.2) is 0 Å². The van der Waals surface area contributed by atoms with Crippen LogP contribution in [-0.4, -0.2) is 52.0 Å². The summed E-state index contributed by atoms with van der Waals surface area (Å²) in [5.41, 5.74) is 0. The van der Waals surface area contributed by atoms with E-state index < -0.39 is 9.84 Å². The SMILES string of the molecule is CCS(=O)(=O)CCCC(=O)C1COCC1NC. The number of Topliss-reactive ketones (excluding diaryl/α,β-unsaturated/α-hetero) is 1. The van der Waals surface area contributed by atoms with Gasteiger partial charge in [0, 0.05) is 18.2 Å². The summed E-state index contributed by atoms with van der Waals surface area (Å²) >= 11 is 0. The maximum atomic E-state index is 11.9. The Labute approximate surface area is 103 Å². The molecule has 100 valence electrons. The van der Waals surface area contributed by atoms with Crippen LogP contribution in [0.4, 0.5) is 0 Å². The first-order chi connectivity index (χ1) is 8.00. The van der Waals surface area contributed by atoms with Gasteiger partial charge in [-0.3, -0.25) is 4.79 Å². The number of rotatable bonds is 7. The maximum Gasteiger partial charge on any atom is 0.150 e. The van der Waals surface area contributed by atoms with E-state index in [0.29, 0.717) is 26.1 Å². The number of ether oxygens (including phenoxy) is 1. The average molecular weight is 263 g/mol. The van der Waals surface area contributed by atoms with E-state index >= 15 is 0 Å². The van der Waals surface area contributed by atoms with Crippen LogP contribution in [0.1, 0.15) is 19.8 Å². The molecule has 0 amide bonds. The molecule has 2 atom stereocenters. The summed E-state index contributed by atoms with van der Waals surface area (Å²) in [6, 6.07) is 0.0743. The lowest BCUT2D eigenvalue weighted by Crippen LogP contribution is -2.37. The molecular formula is C11H21NO4S. The predicted octanol–water partition coefficient (Wildman–Crippen LogP) is 0.00480. The summed E-state index contributed by atoms with van der Waals surface area (Å²) in [7, 11) is -1.15. The molecule has 0 bridgehead atoms. The van der Waals surface area contributed by atoms with Crippen molar-refractivity contribution in [1.82, 2.24) is 5.32 Å². The van der Waals surface area contributed by atoms with E-state index in [1.807, 2.05) is 0 Å². The largest absolute Gasteiger partial charge is 0.379 e. The summed E-state index contributed by atoms with van der Waals surface area (Å²) in [6.45, 7) is 2.63. The van der Waals surface area contributed by atoms with Gasteiger partial charge in [-0.1, -0.05) is 6.92 Å². The molecule has 6 heteroatoms. The molecule has 17 heavy (non-hydrogen) atoms. The monoisotopic (exact) mass is 263 g/mol. The smallest absolute Gasteiger partial charge is 0.150 e. The van der Waals surface area contributed by atoms with Gasteiger partial charge in [-0.05, 0) is 13.5 Å². The molecule has 1 aliphatic rings. The first-order valence-electron chi connectivity index (χ1n) is 5.98. The second-order valence-electron chi connectivity index (χ2n) is 4.35. The van der Waals surface area contributed by atoms with Crippen molar-refractivity contribution in [3.8, 4) is 0 Å². The standard InChI is InChI=1S/C11H21NO4S/c1-3-17(14,15)6-4-5-11(13)9-7-16-8-10(9)12-2/h9-10,12H,3-8H2,1-2H3. The molecule has 1 aliphatic heterocycles. The molecule has 0 spiro atoms. The normalized spacial score (nSPS) is 25.1. The highest BCUT2D eigenvalue weighted by molar-refractivity contribution is 7.91. The maximum absolute atomic E-state index is 11.9. The molecule has 2 unspecified atom stereocenters. The molecule has 5 nitrogen and oxygen atoms in total. The van der Waals surface area contributed by atoms with Gasteiger partial charge in [0.2, 0.25) is 0 Å². The number of ketones is 1. The highest BCUT2D eigenvalue weighted by Gasteiger charge is 2.32. The molecule has 0 aromatic heterocycles. The Kier molecular flexibility index (Phi) is 5.55. The van der Waals surface area contributed by atoms with E-state index in [4.69, 9.17) is 4.74 Å². The van der Waals surface area contributed by atoms with Crippen LogP contribution in [0.3, 0.4) is 0 Å². The fourth-order valence-corrected chi connectivity index (χ4v) is 2.83. The van der Waals surface area contributed by atoms with Crippen LogP contribution in [-0.2, 0) is 19.4 Å². The van der Waals surface area contributed by atoms with Gasteiger partial charge in [0.1, 0.15) is 15.6 Å². The lowest BCUT2D eigenvalue weighted by atomic mass is 9.96. The molecule has 1 saturated heterocycles. The number of hydrogen-bond acceptors (Lipinski definition) is 5. The van der Waals surface area contributed by atoms with E-state index in [9.17, 15) is 13.2 Å². The Morgan fingerprint density at radius 2 is 2.12 bits per heavy atom. The van der Waals surface area contributed by atoms with Crippen LogP contribution in [0.25, 0.3) is 0 Å². The van der Waals surface area contributed by atoms with Crippen molar-refractivity contribution in [3.05, 3.63) is 0 Å². The molecule has 1 rings (SSSR count). The van der Waals surface area contributed by atoms with Gasteiger partial charge in [-0.25, -0.2) is 8.42 Å². The predicted molar refractivity (Wildman–Crippen MR) is 65.7 cm³/mol. The van der Waals surface area contributed by atoms with E-state index in [1.54, 1.807) is 14.0 Å². The van der Waals surface area contributed by atoms with Crippen LogP contribution in [0.5, 0.6) is 0 Å². The number of nitrogens with one attached hydrogen (secondary N) is 1. The van der Waals surface area contributed by atoms with Crippen LogP contribution < -0.4 is 5.32 Å². The molecule has 1 fully saturated rings. The molecular weight excluding hydrogens is 242 g/mol. The minimum Gasteiger partial charge on any atom is -0.379 e. The second kappa shape index (κ2) is 6.47. The third kappa shape index (κ3) is 4.37. The fraction of sp³-hybridized carbons (Fsp3) is 0.909. The number of carbonyl (C=O) groups is 1.